The van der Waals surface area contributed by atoms with E-state index in [2.05, 4.69) is 32.8 Å². The van der Waals surface area contributed by atoms with E-state index in [0.29, 0.717) is 23.6 Å². The fraction of sp³-hybridized carbons (Fsp3) is 0.538. The van der Waals surface area contributed by atoms with Crippen molar-refractivity contribution >= 4 is 17.3 Å². The van der Waals surface area contributed by atoms with Crippen molar-refractivity contribution in [2.75, 3.05) is 6.54 Å². The van der Waals surface area contributed by atoms with Crippen LogP contribution < -0.4 is 10.6 Å². The highest BCUT2D eigenvalue weighted by Crippen LogP contribution is 2.30. The zero-order valence-electron chi connectivity index (χ0n) is 11.6. The first-order valence-electron chi connectivity index (χ1n) is 6.70. The van der Waals surface area contributed by atoms with Crippen LogP contribution in [0.5, 0.6) is 0 Å². The lowest BCUT2D eigenvalue weighted by atomic mass is 10.2. The van der Waals surface area contributed by atoms with Gasteiger partial charge < -0.3 is 10.6 Å². The summed E-state index contributed by atoms with van der Waals surface area (Å²) in [6, 6.07) is 0.296. The van der Waals surface area contributed by atoms with Crippen LogP contribution in [0.25, 0.3) is 0 Å². The molecule has 116 valence electrons. The Morgan fingerprint density at radius 1 is 1.43 bits per heavy atom. The van der Waals surface area contributed by atoms with Crippen LogP contribution in [-0.2, 0) is 12.7 Å². The van der Waals surface area contributed by atoms with Crippen molar-refractivity contribution in [1.29, 1.82) is 0 Å². The minimum Gasteiger partial charge on any atom is -0.357 e. The summed E-state index contributed by atoms with van der Waals surface area (Å²) in [5, 5.41) is 7.71. The van der Waals surface area contributed by atoms with E-state index in [1.165, 1.54) is 0 Å². The standard InChI is InChI=1S/C13H17F3N4S/c1-2-17-12(19-9-5-3-4-6-9)18-7-11-20-10(8-21-11)13(14,15)16/h3-4,8-9H,2,5-7H2,1H3,(H2,17,18,19). The van der Waals surface area contributed by atoms with E-state index >= 15 is 0 Å². The van der Waals surface area contributed by atoms with Gasteiger partial charge in [-0.05, 0) is 19.8 Å². The average molecular weight is 318 g/mol. The second kappa shape index (κ2) is 6.93. The van der Waals surface area contributed by atoms with E-state index in [1.807, 2.05) is 6.92 Å². The molecule has 0 aromatic carbocycles. The summed E-state index contributed by atoms with van der Waals surface area (Å²) < 4.78 is 37.4. The van der Waals surface area contributed by atoms with E-state index in [1.54, 1.807) is 0 Å². The SMILES string of the molecule is CCNC(=NCc1nc(C(F)(F)F)cs1)NC1CC=CC1. The van der Waals surface area contributed by atoms with Crippen molar-refractivity contribution in [3.63, 3.8) is 0 Å². The van der Waals surface area contributed by atoms with Gasteiger partial charge in [0.15, 0.2) is 11.7 Å². The molecule has 21 heavy (non-hydrogen) atoms. The van der Waals surface area contributed by atoms with Crippen molar-refractivity contribution < 1.29 is 13.2 Å². The van der Waals surface area contributed by atoms with Crippen LogP contribution in [0.4, 0.5) is 13.2 Å². The lowest BCUT2D eigenvalue weighted by Gasteiger charge is -2.16. The van der Waals surface area contributed by atoms with Gasteiger partial charge in [0.25, 0.3) is 0 Å². The molecule has 2 N–H and O–H groups in total. The molecule has 8 heteroatoms. The van der Waals surface area contributed by atoms with Crippen molar-refractivity contribution in [3.8, 4) is 0 Å². The van der Waals surface area contributed by atoms with Crippen LogP contribution in [0.2, 0.25) is 0 Å². The Bertz CT molecular complexity index is 514. The molecule has 2 rings (SSSR count). The summed E-state index contributed by atoms with van der Waals surface area (Å²) in [5.74, 6) is 0.606. The quantitative estimate of drug-likeness (QED) is 0.510. The van der Waals surface area contributed by atoms with Gasteiger partial charge in [-0.15, -0.1) is 11.3 Å². The number of nitrogens with one attached hydrogen (secondary N) is 2. The number of nitrogens with zero attached hydrogens (tertiary/aromatic N) is 2. The Labute approximate surface area is 125 Å². The smallest absolute Gasteiger partial charge is 0.357 e. The molecule has 0 radical (unpaired) electrons. The first-order chi connectivity index (χ1) is 9.99. The van der Waals surface area contributed by atoms with E-state index < -0.39 is 11.9 Å². The lowest BCUT2D eigenvalue weighted by molar-refractivity contribution is -0.140. The van der Waals surface area contributed by atoms with Crippen molar-refractivity contribution in [2.24, 2.45) is 4.99 Å². The Balaban J connectivity index is 1.96. The van der Waals surface area contributed by atoms with E-state index in [0.717, 1.165) is 29.6 Å². The first kappa shape index (κ1) is 15.8. The summed E-state index contributed by atoms with van der Waals surface area (Å²) in [6.07, 6.45) is 1.66. The van der Waals surface area contributed by atoms with Crippen molar-refractivity contribution in [3.05, 3.63) is 28.2 Å². The second-order valence-electron chi connectivity index (χ2n) is 4.60. The van der Waals surface area contributed by atoms with Crippen LogP contribution in [0, 0.1) is 0 Å². The molecule has 4 nitrogen and oxygen atoms in total. The normalized spacial score (nSPS) is 16.5. The molecule has 1 aliphatic carbocycles. The number of hydrogen-bond donors (Lipinski definition) is 2. The number of alkyl halides is 3. The monoisotopic (exact) mass is 318 g/mol. The number of guanidine groups is 1. The predicted molar refractivity (Wildman–Crippen MR) is 77.2 cm³/mol. The van der Waals surface area contributed by atoms with Crippen molar-refractivity contribution in [1.82, 2.24) is 15.6 Å². The van der Waals surface area contributed by atoms with Gasteiger partial charge in [-0.25, -0.2) is 9.98 Å². The van der Waals surface area contributed by atoms with Gasteiger partial charge in [0.1, 0.15) is 5.01 Å². The number of aromatic nitrogens is 1. The highest BCUT2D eigenvalue weighted by Gasteiger charge is 2.33. The zero-order valence-corrected chi connectivity index (χ0v) is 12.4. The molecule has 0 fully saturated rings. The van der Waals surface area contributed by atoms with Gasteiger partial charge in [-0.1, -0.05) is 12.2 Å². The fourth-order valence-corrected chi connectivity index (χ4v) is 2.63. The molecule has 0 atom stereocenters. The van der Waals surface area contributed by atoms with E-state index in [4.69, 9.17) is 0 Å². The second-order valence-corrected chi connectivity index (χ2v) is 5.55. The van der Waals surface area contributed by atoms with Crippen LogP contribution in [0.3, 0.4) is 0 Å². The average Bonchev–Trinajstić information content (AvgIpc) is 3.06. The molecule has 0 amide bonds. The molecular formula is C13H17F3N4S. The Kier molecular flexibility index (Phi) is 5.22. The van der Waals surface area contributed by atoms with Gasteiger partial charge in [-0.2, -0.15) is 13.2 Å². The minimum atomic E-state index is -4.39. The molecule has 1 heterocycles. The third-order valence-corrected chi connectivity index (χ3v) is 3.74. The summed E-state index contributed by atoms with van der Waals surface area (Å²) in [4.78, 5) is 7.85. The molecule has 1 aromatic rings. The molecule has 0 unspecified atom stereocenters. The first-order valence-corrected chi connectivity index (χ1v) is 7.58. The number of thiazole rings is 1. The lowest BCUT2D eigenvalue weighted by Crippen LogP contribution is -2.42. The molecule has 0 bridgehead atoms. The summed E-state index contributed by atoms with van der Waals surface area (Å²) in [6.45, 7) is 2.77. The van der Waals surface area contributed by atoms with Crippen LogP contribution in [-0.4, -0.2) is 23.5 Å². The third-order valence-electron chi connectivity index (χ3n) is 2.91. The molecule has 0 aliphatic heterocycles. The molecule has 0 saturated carbocycles. The largest absolute Gasteiger partial charge is 0.434 e. The predicted octanol–water partition coefficient (Wildman–Crippen LogP) is 2.94. The molecule has 1 aromatic heterocycles. The number of rotatable bonds is 4. The van der Waals surface area contributed by atoms with Gasteiger partial charge in [0, 0.05) is 18.0 Å². The maximum absolute atomic E-state index is 12.5. The maximum Gasteiger partial charge on any atom is 0.434 e. The van der Waals surface area contributed by atoms with Crippen molar-refractivity contribution in [2.45, 2.75) is 38.5 Å². The van der Waals surface area contributed by atoms with Crippen LogP contribution >= 0.6 is 11.3 Å². The van der Waals surface area contributed by atoms with Gasteiger partial charge in [0.05, 0.1) is 6.54 Å². The summed E-state index contributed by atoms with van der Waals surface area (Å²) in [7, 11) is 0. The molecule has 0 spiro atoms. The Morgan fingerprint density at radius 2 is 2.14 bits per heavy atom. The topological polar surface area (TPSA) is 49.3 Å². The molecule has 0 saturated heterocycles. The minimum absolute atomic E-state index is 0.135. The third kappa shape index (κ3) is 4.73. The number of hydrogen-bond acceptors (Lipinski definition) is 3. The van der Waals surface area contributed by atoms with Gasteiger partial charge in [0.2, 0.25) is 0 Å². The zero-order chi connectivity index (χ0) is 15.3. The highest BCUT2D eigenvalue weighted by molar-refractivity contribution is 7.09. The maximum atomic E-state index is 12.5. The summed E-state index contributed by atoms with van der Waals surface area (Å²) in [5.41, 5.74) is -0.851. The van der Waals surface area contributed by atoms with E-state index in [-0.39, 0.29) is 6.54 Å². The fourth-order valence-electron chi connectivity index (χ4n) is 1.91. The molecule has 1 aliphatic rings. The van der Waals surface area contributed by atoms with Gasteiger partial charge in [-0.3, -0.25) is 0 Å². The summed E-state index contributed by atoms with van der Waals surface area (Å²) >= 11 is 0.973. The Morgan fingerprint density at radius 3 is 2.71 bits per heavy atom. The highest BCUT2D eigenvalue weighted by atomic mass is 32.1. The molecular weight excluding hydrogens is 301 g/mol. The van der Waals surface area contributed by atoms with Gasteiger partial charge >= 0.3 is 6.18 Å². The van der Waals surface area contributed by atoms with E-state index in [9.17, 15) is 13.2 Å². The Hall–Kier alpha value is -1.57. The number of aliphatic imine (C=N–C) groups is 1. The van der Waals surface area contributed by atoms with Crippen LogP contribution in [0.1, 0.15) is 30.5 Å². The number of halogens is 3. The van der Waals surface area contributed by atoms with Crippen LogP contribution in [0.15, 0.2) is 22.5 Å².